The predicted octanol–water partition coefficient (Wildman–Crippen LogP) is 2.31. The van der Waals surface area contributed by atoms with Crippen molar-refractivity contribution in [2.75, 3.05) is 26.2 Å². The summed E-state index contributed by atoms with van der Waals surface area (Å²) in [4.78, 5) is 21.8. The number of aromatic nitrogens is 3. The standard InChI is InChI=1S/C19H25N5O/c1-14(2)18-16(11-21-24(18)17-7-3-4-8-20-17)19(25)23-12-15(13-23)22-9-5-6-10-22/h3-4,7-8,11,14-15H,5-6,9-10,12-13H2,1-2H3. The Balaban J connectivity index is 1.54. The number of hydrogen-bond donors (Lipinski definition) is 0. The molecule has 0 saturated carbocycles. The molecule has 6 heteroatoms. The van der Waals surface area contributed by atoms with Crippen molar-refractivity contribution in [3.05, 3.63) is 41.9 Å². The van der Waals surface area contributed by atoms with Crippen molar-refractivity contribution in [3.63, 3.8) is 0 Å². The van der Waals surface area contributed by atoms with E-state index in [1.54, 1.807) is 17.1 Å². The minimum Gasteiger partial charge on any atom is -0.335 e. The first-order chi connectivity index (χ1) is 12.1. The zero-order chi connectivity index (χ0) is 17.4. The molecule has 0 N–H and O–H groups in total. The zero-order valence-electron chi connectivity index (χ0n) is 14.9. The molecule has 0 aromatic carbocycles. The van der Waals surface area contributed by atoms with Crippen molar-refractivity contribution in [1.82, 2.24) is 24.6 Å². The first-order valence-corrected chi connectivity index (χ1v) is 9.18. The van der Waals surface area contributed by atoms with E-state index in [1.165, 1.54) is 25.9 Å². The molecule has 0 unspecified atom stereocenters. The van der Waals surface area contributed by atoms with Crippen LogP contribution in [0.15, 0.2) is 30.6 Å². The average Bonchev–Trinajstić information content (AvgIpc) is 3.24. The summed E-state index contributed by atoms with van der Waals surface area (Å²) in [6.07, 6.45) is 6.03. The summed E-state index contributed by atoms with van der Waals surface area (Å²) in [5, 5.41) is 4.46. The molecule has 2 fully saturated rings. The van der Waals surface area contributed by atoms with Gasteiger partial charge < -0.3 is 4.90 Å². The number of hydrogen-bond acceptors (Lipinski definition) is 4. The highest BCUT2D eigenvalue weighted by Crippen LogP contribution is 2.27. The van der Waals surface area contributed by atoms with Crippen LogP contribution in [0.4, 0.5) is 0 Å². The molecule has 0 aliphatic carbocycles. The number of rotatable bonds is 4. The van der Waals surface area contributed by atoms with Gasteiger partial charge in [0, 0.05) is 25.3 Å². The Bertz CT molecular complexity index is 742. The highest BCUT2D eigenvalue weighted by atomic mass is 16.2. The Morgan fingerprint density at radius 3 is 2.60 bits per heavy atom. The lowest BCUT2D eigenvalue weighted by Gasteiger charge is -2.44. The maximum atomic E-state index is 13.0. The van der Waals surface area contributed by atoms with Gasteiger partial charge in [-0.2, -0.15) is 5.10 Å². The third-order valence-corrected chi connectivity index (χ3v) is 5.26. The van der Waals surface area contributed by atoms with Crippen LogP contribution in [0.2, 0.25) is 0 Å². The van der Waals surface area contributed by atoms with Crippen LogP contribution in [0.5, 0.6) is 0 Å². The number of carbonyl (C=O) groups excluding carboxylic acids is 1. The van der Waals surface area contributed by atoms with Gasteiger partial charge in [0.05, 0.1) is 17.5 Å². The summed E-state index contributed by atoms with van der Waals surface area (Å²) in [5.74, 6) is 1.05. The molecule has 0 radical (unpaired) electrons. The molecule has 0 spiro atoms. The van der Waals surface area contributed by atoms with Gasteiger partial charge in [0.25, 0.3) is 5.91 Å². The van der Waals surface area contributed by atoms with Gasteiger partial charge >= 0.3 is 0 Å². The third-order valence-electron chi connectivity index (χ3n) is 5.26. The summed E-state index contributed by atoms with van der Waals surface area (Å²) >= 11 is 0. The lowest BCUT2D eigenvalue weighted by Crippen LogP contribution is -2.60. The minimum absolute atomic E-state index is 0.0985. The summed E-state index contributed by atoms with van der Waals surface area (Å²) in [5.41, 5.74) is 1.65. The van der Waals surface area contributed by atoms with Crippen LogP contribution in [-0.4, -0.2) is 62.7 Å². The first kappa shape index (κ1) is 16.3. The largest absolute Gasteiger partial charge is 0.335 e. The molecule has 4 heterocycles. The molecular formula is C19H25N5O. The number of carbonyl (C=O) groups is 1. The number of pyridine rings is 1. The molecule has 2 aromatic rings. The van der Waals surface area contributed by atoms with E-state index in [4.69, 9.17) is 0 Å². The average molecular weight is 339 g/mol. The topological polar surface area (TPSA) is 54.3 Å². The van der Waals surface area contributed by atoms with E-state index < -0.39 is 0 Å². The van der Waals surface area contributed by atoms with Crippen LogP contribution in [0.25, 0.3) is 5.82 Å². The van der Waals surface area contributed by atoms with Gasteiger partial charge in [0.2, 0.25) is 0 Å². The van der Waals surface area contributed by atoms with Crippen LogP contribution >= 0.6 is 0 Å². The molecule has 132 valence electrons. The molecular weight excluding hydrogens is 314 g/mol. The van der Waals surface area contributed by atoms with Gasteiger partial charge in [-0.25, -0.2) is 9.67 Å². The summed E-state index contributed by atoms with van der Waals surface area (Å²) < 4.78 is 1.80. The fourth-order valence-electron chi connectivity index (χ4n) is 3.87. The molecule has 2 aromatic heterocycles. The molecule has 2 aliphatic rings. The fourth-order valence-corrected chi connectivity index (χ4v) is 3.87. The van der Waals surface area contributed by atoms with Crippen LogP contribution in [-0.2, 0) is 0 Å². The molecule has 1 amide bonds. The molecule has 2 aliphatic heterocycles. The zero-order valence-corrected chi connectivity index (χ0v) is 14.9. The van der Waals surface area contributed by atoms with Crippen LogP contribution < -0.4 is 0 Å². The van der Waals surface area contributed by atoms with E-state index in [0.717, 1.165) is 24.6 Å². The minimum atomic E-state index is 0.0985. The van der Waals surface area contributed by atoms with E-state index in [0.29, 0.717) is 11.6 Å². The summed E-state index contributed by atoms with van der Waals surface area (Å²) in [7, 11) is 0. The molecule has 25 heavy (non-hydrogen) atoms. The first-order valence-electron chi connectivity index (χ1n) is 9.18. The Kier molecular flexibility index (Phi) is 4.29. The van der Waals surface area contributed by atoms with Crippen molar-refractivity contribution in [1.29, 1.82) is 0 Å². The molecule has 2 saturated heterocycles. The number of nitrogens with zero attached hydrogens (tertiary/aromatic N) is 5. The predicted molar refractivity (Wildman–Crippen MR) is 95.9 cm³/mol. The summed E-state index contributed by atoms with van der Waals surface area (Å²) in [6, 6.07) is 6.28. The Labute approximate surface area is 148 Å². The smallest absolute Gasteiger partial charge is 0.257 e. The van der Waals surface area contributed by atoms with E-state index in [2.05, 4.69) is 28.8 Å². The normalized spacial score (nSPS) is 18.8. The maximum Gasteiger partial charge on any atom is 0.257 e. The van der Waals surface area contributed by atoms with Crippen molar-refractivity contribution >= 4 is 5.91 Å². The fraction of sp³-hybridized carbons (Fsp3) is 0.526. The Morgan fingerprint density at radius 1 is 1.20 bits per heavy atom. The molecule has 0 bridgehead atoms. The van der Waals surface area contributed by atoms with Gasteiger partial charge in [-0.05, 0) is 44.0 Å². The van der Waals surface area contributed by atoms with Crippen LogP contribution in [0.3, 0.4) is 0 Å². The molecule has 6 nitrogen and oxygen atoms in total. The Morgan fingerprint density at radius 2 is 1.96 bits per heavy atom. The van der Waals surface area contributed by atoms with E-state index in [1.807, 2.05) is 23.1 Å². The molecule has 4 rings (SSSR count). The van der Waals surface area contributed by atoms with E-state index in [9.17, 15) is 4.79 Å². The Hall–Kier alpha value is -2.21. The van der Waals surface area contributed by atoms with Gasteiger partial charge in [0.15, 0.2) is 5.82 Å². The second kappa shape index (κ2) is 6.59. The van der Waals surface area contributed by atoms with Gasteiger partial charge in [0.1, 0.15) is 0 Å². The number of amides is 1. The monoisotopic (exact) mass is 339 g/mol. The highest BCUT2D eigenvalue weighted by molar-refractivity contribution is 5.96. The number of likely N-dealkylation sites (tertiary alicyclic amines) is 2. The maximum absolute atomic E-state index is 13.0. The van der Waals surface area contributed by atoms with Crippen molar-refractivity contribution in [3.8, 4) is 5.82 Å². The second-order valence-corrected chi connectivity index (χ2v) is 7.30. The van der Waals surface area contributed by atoms with Gasteiger partial charge in [-0.3, -0.25) is 9.69 Å². The second-order valence-electron chi connectivity index (χ2n) is 7.30. The van der Waals surface area contributed by atoms with Crippen molar-refractivity contribution in [2.45, 2.75) is 38.6 Å². The van der Waals surface area contributed by atoms with Crippen molar-refractivity contribution < 1.29 is 4.79 Å². The lowest BCUT2D eigenvalue weighted by molar-refractivity contribution is 0.0333. The van der Waals surface area contributed by atoms with Crippen LogP contribution in [0, 0.1) is 0 Å². The lowest BCUT2D eigenvalue weighted by atomic mass is 10.0. The highest BCUT2D eigenvalue weighted by Gasteiger charge is 2.37. The summed E-state index contributed by atoms with van der Waals surface area (Å²) in [6.45, 7) is 8.23. The van der Waals surface area contributed by atoms with E-state index in [-0.39, 0.29) is 11.8 Å². The molecule has 0 atom stereocenters. The van der Waals surface area contributed by atoms with Gasteiger partial charge in [-0.1, -0.05) is 19.9 Å². The van der Waals surface area contributed by atoms with Crippen molar-refractivity contribution in [2.24, 2.45) is 0 Å². The SMILES string of the molecule is CC(C)c1c(C(=O)N2CC(N3CCCC3)C2)cnn1-c1ccccn1. The quantitative estimate of drug-likeness (QED) is 0.858. The van der Waals surface area contributed by atoms with Crippen LogP contribution in [0.1, 0.15) is 48.7 Å². The third kappa shape index (κ3) is 2.95. The van der Waals surface area contributed by atoms with Gasteiger partial charge in [-0.15, -0.1) is 0 Å². The van der Waals surface area contributed by atoms with E-state index >= 15 is 0 Å².